The van der Waals surface area contributed by atoms with E-state index in [1.54, 1.807) is 27.7 Å². The van der Waals surface area contributed by atoms with E-state index in [1.165, 1.54) is 19.1 Å². The van der Waals surface area contributed by atoms with Crippen molar-refractivity contribution in [3.8, 4) is 0 Å². The van der Waals surface area contributed by atoms with Crippen molar-refractivity contribution in [3.63, 3.8) is 0 Å². The second-order valence-electron chi connectivity index (χ2n) is 21.6. The third-order valence-electron chi connectivity index (χ3n) is 15.1. The third kappa shape index (κ3) is 18.0. The summed E-state index contributed by atoms with van der Waals surface area (Å²) in [6, 6.07) is 20.0. The van der Waals surface area contributed by atoms with Gasteiger partial charge in [0, 0.05) is 116 Å². The lowest BCUT2D eigenvalue weighted by molar-refractivity contribution is -0.385. The van der Waals surface area contributed by atoms with Gasteiger partial charge in [-0.1, -0.05) is 48.8 Å². The number of benzene rings is 5. The highest BCUT2D eigenvalue weighted by atomic mass is 79.9. The normalized spacial score (nSPS) is 16.2. The maximum absolute atomic E-state index is 13.9. The van der Waals surface area contributed by atoms with Crippen LogP contribution >= 0.6 is 15.9 Å². The molecule has 0 bridgehead atoms. The van der Waals surface area contributed by atoms with E-state index in [0.717, 1.165) is 84.8 Å². The number of nitro groups is 4. The zero-order valence-electron chi connectivity index (χ0n) is 47.0. The lowest BCUT2D eigenvalue weighted by Gasteiger charge is -2.40. The van der Waals surface area contributed by atoms with E-state index in [2.05, 4.69) is 15.9 Å². The van der Waals surface area contributed by atoms with Crippen LogP contribution in [0.2, 0.25) is 0 Å². The van der Waals surface area contributed by atoms with Crippen LogP contribution in [-0.2, 0) is 27.7 Å². The van der Waals surface area contributed by atoms with Crippen molar-refractivity contribution >= 4 is 38.7 Å². The highest BCUT2D eigenvalue weighted by Crippen LogP contribution is 2.59. The van der Waals surface area contributed by atoms with E-state index in [4.69, 9.17) is 44.0 Å². The molecule has 0 saturated heterocycles. The average molecular weight is 1250 g/mol. The van der Waals surface area contributed by atoms with Gasteiger partial charge < -0.3 is 49.1 Å². The molecule has 5 atom stereocenters. The van der Waals surface area contributed by atoms with Crippen molar-refractivity contribution in [2.24, 2.45) is 39.5 Å². The second kappa shape index (κ2) is 28.8. The number of rotatable bonds is 19. The average Bonchev–Trinajstić information content (AvgIpc) is 2.19. The van der Waals surface area contributed by atoms with Crippen LogP contribution in [0.1, 0.15) is 115 Å². The number of nitro benzene ring substituents is 4. The van der Waals surface area contributed by atoms with Gasteiger partial charge in [-0.2, -0.15) is 0 Å². The molecule has 1 aliphatic carbocycles. The summed E-state index contributed by atoms with van der Waals surface area (Å²) >= 11 is 3.39. The first-order valence-corrected chi connectivity index (χ1v) is 26.1. The molecule has 83 heavy (non-hydrogen) atoms. The number of aliphatic hydroxyl groups is 4. The fraction of sp³-hybridized carbons (Fsp3) is 0.455. The Hall–Kier alpha value is -6.60. The van der Waals surface area contributed by atoms with Crippen molar-refractivity contribution in [3.05, 3.63) is 193 Å². The van der Waals surface area contributed by atoms with Crippen molar-refractivity contribution < 1.29 is 66.5 Å². The zero-order chi connectivity index (χ0) is 64.1. The highest BCUT2D eigenvalue weighted by Gasteiger charge is 2.55. The quantitative estimate of drug-likeness (QED) is 0.0211. The Bertz CT molecular complexity index is 2880. The van der Waals surface area contributed by atoms with E-state index >= 15 is 0 Å². The van der Waals surface area contributed by atoms with Crippen molar-refractivity contribution in [2.45, 2.75) is 121 Å². The van der Waals surface area contributed by atoms with Gasteiger partial charge in [-0.05, 0) is 114 Å². The molecule has 458 valence electrons. The molecule has 0 aromatic heterocycles. The summed E-state index contributed by atoms with van der Waals surface area (Å²) in [6.07, 6.45) is 3.44. The Balaban J connectivity index is 0.000000356. The van der Waals surface area contributed by atoms with E-state index in [-0.39, 0.29) is 65.4 Å². The fourth-order valence-electron chi connectivity index (χ4n) is 8.29. The molecule has 1 saturated carbocycles. The Labute approximate surface area is 483 Å². The molecule has 0 amide bonds. The number of nitrogens with zero attached hydrogens (tertiary/aromatic N) is 4. The summed E-state index contributed by atoms with van der Waals surface area (Å²) in [4.78, 5) is 39.9. The lowest BCUT2D eigenvalue weighted by atomic mass is 9.70. The van der Waals surface area contributed by atoms with Crippen LogP contribution in [0.3, 0.4) is 0 Å². The number of hydrogen-bond acceptors (Lipinski definition) is 17. The van der Waals surface area contributed by atoms with Gasteiger partial charge >= 0.3 is 0 Å². The Morgan fingerprint density at radius 2 is 0.867 bits per heavy atom. The number of halogens is 7. The van der Waals surface area contributed by atoms with E-state index < -0.39 is 99.9 Å². The first-order valence-electron chi connectivity index (χ1n) is 25.3. The Morgan fingerprint density at radius 3 is 1.20 bits per heavy atom. The number of aliphatic hydroxyl groups excluding tert-OH is 4. The molecule has 5 aromatic rings. The van der Waals surface area contributed by atoms with Gasteiger partial charge in [0.2, 0.25) is 0 Å². The van der Waals surface area contributed by atoms with Crippen LogP contribution in [-0.4, -0.2) is 72.5 Å². The van der Waals surface area contributed by atoms with Crippen molar-refractivity contribution in [1.82, 2.24) is 0 Å². The standard InChI is InChI=1S/C13H17FN2O2.C12H17FN2O3.C10H14BrNO.C10H11F3N2O3.C10H13FN2O3/c1-3-13(6-7-13)12(2,15)10-8-9(16(17)18)4-5-11(10)14;1-11(2,7-16)12(3,14)9-6-8(15(17)18)4-5-10(9)13;1-10(12,5-6-13)8-3-2-4-9(11)7-8;1-9(14,10(12,13)5-16)7-4-6(15(17)18)2-3-8(7)11;1-10(12,4-5-14)8-6-7(13(15)16)2-3-9(8)11/h4-5,8H,3,6-7,15H2,1-2H3;4-6,16H,7,14H2,1-3H3;2-4,7,13H,5-6,12H2,1H3;2-4,16H,5,14H2,1H3;2-3,6,14H,4-5,12H2,1H3/t2*12-;10-;9-;10-/m11010/s1. The summed E-state index contributed by atoms with van der Waals surface area (Å²) < 4.78 is 82.5. The van der Waals surface area contributed by atoms with Crippen LogP contribution in [0.15, 0.2) is 102 Å². The molecule has 1 fully saturated rings. The smallest absolute Gasteiger partial charge is 0.292 e. The molecule has 1 aliphatic rings. The van der Waals surface area contributed by atoms with Crippen LogP contribution in [0.4, 0.5) is 49.1 Å². The van der Waals surface area contributed by atoms with Crippen LogP contribution in [0, 0.1) is 74.6 Å². The van der Waals surface area contributed by atoms with Crippen molar-refractivity contribution in [1.29, 1.82) is 0 Å². The Kier molecular flexibility index (Phi) is 25.2. The summed E-state index contributed by atoms with van der Waals surface area (Å²) in [5.41, 5.74) is 21.9. The molecular weight excluding hydrogens is 1170 g/mol. The predicted octanol–water partition coefficient (Wildman–Crippen LogP) is 9.86. The number of hydrogen-bond donors (Lipinski definition) is 9. The van der Waals surface area contributed by atoms with E-state index in [0.29, 0.717) is 18.6 Å². The van der Waals surface area contributed by atoms with Crippen molar-refractivity contribution in [2.75, 3.05) is 26.4 Å². The fourth-order valence-corrected chi connectivity index (χ4v) is 8.69. The molecule has 14 N–H and O–H groups in total. The predicted molar refractivity (Wildman–Crippen MR) is 302 cm³/mol. The van der Waals surface area contributed by atoms with Crippen LogP contribution < -0.4 is 28.7 Å². The molecule has 6 rings (SSSR count). The number of alkyl halides is 2. The first-order chi connectivity index (χ1) is 38.0. The zero-order valence-corrected chi connectivity index (χ0v) is 48.6. The van der Waals surface area contributed by atoms with Gasteiger partial charge in [-0.15, -0.1) is 0 Å². The van der Waals surface area contributed by atoms with Gasteiger partial charge in [0.05, 0.1) is 26.3 Å². The van der Waals surface area contributed by atoms with Crippen LogP contribution in [0.5, 0.6) is 0 Å². The Morgan fingerprint density at radius 1 is 0.518 bits per heavy atom. The molecular formula is C55H72BrF6N9O12. The molecule has 0 unspecified atom stereocenters. The monoisotopic (exact) mass is 1240 g/mol. The minimum absolute atomic E-state index is 0.0238. The molecule has 0 heterocycles. The minimum Gasteiger partial charge on any atom is -0.396 e. The van der Waals surface area contributed by atoms with Gasteiger partial charge in [0.1, 0.15) is 35.4 Å². The van der Waals surface area contributed by atoms with E-state index in [9.17, 15) is 71.9 Å². The molecule has 28 heteroatoms. The molecule has 0 aliphatic heterocycles. The summed E-state index contributed by atoms with van der Waals surface area (Å²) in [6.45, 7) is 11.0. The van der Waals surface area contributed by atoms with E-state index in [1.807, 2.05) is 38.1 Å². The third-order valence-corrected chi connectivity index (χ3v) is 15.6. The molecule has 21 nitrogen and oxygen atoms in total. The minimum atomic E-state index is -3.82. The molecule has 0 radical (unpaired) electrons. The maximum Gasteiger partial charge on any atom is 0.292 e. The van der Waals surface area contributed by atoms with Gasteiger partial charge in [0.25, 0.3) is 28.7 Å². The number of non-ortho nitro benzene ring substituents is 4. The number of nitrogens with two attached hydrogens (primary N) is 5. The maximum atomic E-state index is 13.9. The largest absolute Gasteiger partial charge is 0.396 e. The first kappa shape index (κ1) is 72.5. The SMILES string of the molecule is CC(C)(CO)[C@](C)(N)c1cc([N+](=O)[O-])ccc1F.CCC1([C@](C)(N)c2cc([N+](=O)[O-])ccc2F)CC1.C[C@@](N)(c1cc([N+](=O)[O-])ccc1F)C(F)(F)CO.C[C@](N)(CCO)c1cc([N+](=O)[O-])ccc1F.C[C@](N)(CCO)c1cccc(Br)c1. The molecule has 0 spiro atoms. The topological polar surface area (TPSA) is 384 Å². The van der Waals surface area contributed by atoms with Gasteiger partial charge in [-0.3, -0.25) is 40.5 Å². The second-order valence-corrected chi connectivity index (χ2v) is 22.5. The van der Waals surface area contributed by atoms with Gasteiger partial charge in [-0.25, -0.2) is 26.3 Å². The lowest BCUT2D eigenvalue weighted by Crippen LogP contribution is -2.53. The van der Waals surface area contributed by atoms with Gasteiger partial charge in [0.15, 0.2) is 0 Å². The molecule has 5 aromatic carbocycles. The highest BCUT2D eigenvalue weighted by molar-refractivity contribution is 9.10. The summed E-state index contributed by atoms with van der Waals surface area (Å²) in [5, 5.41) is 78.1. The summed E-state index contributed by atoms with van der Waals surface area (Å²) in [7, 11) is 0. The van der Waals surface area contributed by atoms with Crippen LogP contribution in [0.25, 0.3) is 0 Å². The summed E-state index contributed by atoms with van der Waals surface area (Å²) in [5.74, 6) is -6.61.